The van der Waals surface area contributed by atoms with Crippen LogP contribution in [0.25, 0.3) is 11.1 Å². The maximum absolute atomic E-state index is 10.9. The molecule has 2 N–H and O–H groups in total. The predicted octanol–water partition coefficient (Wildman–Crippen LogP) is 1.95. The number of hydrogen-bond acceptors (Lipinski definition) is 3. The molecule has 1 aromatic heterocycles. The number of fused-ring (bicyclic) bond motifs is 1. The van der Waals surface area contributed by atoms with E-state index in [1.165, 1.54) is 6.07 Å². The van der Waals surface area contributed by atoms with E-state index in [4.69, 9.17) is 4.42 Å². The number of oxazole rings is 1. The molecule has 0 radical (unpaired) electrons. The Labute approximate surface area is 85.9 Å². The second kappa shape index (κ2) is 3.31. The number of aromatic nitrogens is 1. The molecule has 0 amide bonds. The lowest BCUT2D eigenvalue weighted by Crippen LogP contribution is -1.92. The molecule has 4 heteroatoms. The molecular formula is C11H11NO3. The highest BCUT2D eigenvalue weighted by molar-refractivity contribution is 5.75. The number of phenolic OH excluding ortho intramolecular Hbond substituents is 1. The number of allylic oxidation sites excluding steroid dienone is 1. The highest BCUT2D eigenvalue weighted by Gasteiger charge is 2.07. The molecule has 15 heavy (non-hydrogen) atoms. The van der Waals surface area contributed by atoms with Gasteiger partial charge in [-0.25, -0.2) is 4.79 Å². The standard InChI is InChI=1S/C11H11NO3/c1-6(2)3-7-4-10-8(5-9(7)13)12-11(14)15-10/h4-5,13H,1,3H2,2H3,(H,12,14). The van der Waals surface area contributed by atoms with Crippen LogP contribution in [0, 0.1) is 0 Å². The number of aromatic hydroxyl groups is 1. The van der Waals surface area contributed by atoms with E-state index in [9.17, 15) is 9.90 Å². The van der Waals surface area contributed by atoms with Gasteiger partial charge >= 0.3 is 5.76 Å². The van der Waals surface area contributed by atoms with Crippen molar-refractivity contribution in [2.24, 2.45) is 0 Å². The summed E-state index contributed by atoms with van der Waals surface area (Å²) in [6.45, 7) is 5.64. The van der Waals surface area contributed by atoms with Gasteiger partial charge in [0.2, 0.25) is 0 Å². The van der Waals surface area contributed by atoms with Crippen LogP contribution in [-0.4, -0.2) is 10.1 Å². The van der Waals surface area contributed by atoms with Crippen molar-refractivity contribution in [3.63, 3.8) is 0 Å². The molecule has 0 aliphatic carbocycles. The van der Waals surface area contributed by atoms with Crippen molar-refractivity contribution >= 4 is 11.1 Å². The molecule has 0 saturated carbocycles. The van der Waals surface area contributed by atoms with E-state index in [0.29, 0.717) is 23.1 Å². The second-order valence-corrected chi connectivity index (χ2v) is 3.63. The van der Waals surface area contributed by atoms with Crippen molar-refractivity contribution in [2.75, 3.05) is 0 Å². The molecule has 1 aromatic carbocycles. The normalized spacial score (nSPS) is 10.7. The van der Waals surface area contributed by atoms with Crippen LogP contribution in [0.1, 0.15) is 12.5 Å². The Morgan fingerprint density at radius 3 is 3.00 bits per heavy atom. The zero-order valence-electron chi connectivity index (χ0n) is 8.33. The van der Waals surface area contributed by atoms with Gasteiger partial charge in [0, 0.05) is 11.6 Å². The summed E-state index contributed by atoms with van der Waals surface area (Å²) in [6, 6.07) is 3.13. The van der Waals surface area contributed by atoms with Gasteiger partial charge in [-0.3, -0.25) is 4.98 Å². The summed E-state index contributed by atoms with van der Waals surface area (Å²) in [5.74, 6) is -0.376. The lowest BCUT2D eigenvalue weighted by atomic mass is 10.1. The summed E-state index contributed by atoms with van der Waals surface area (Å²) in [5.41, 5.74) is 2.59. The van der Waals surface area contributed by atoms with Gasteiger partial charge in [-0.2, -0.15) is 0 Å². The van der Waals surface area contributed by atoms with Crippen LogP contribution in [0.3, 0.4) is 0 Å². The van der Waals surface area contributed by atoms with E-state index in [2.05, 4.69) is 11.6 Å². The zero-order valence-corrected chi connectivity index (χ0v) is 8.33. The quantitative estimate of drug-likeness (QED) is 0.736. The number of phenols is 1. The Hall–Kier alpha value is -1.97. The molecule has 4 nitrogen and oxygen atoms in total. The van der Waals surface area contributed by atoms with E-state index >= 15 is 0 Å². The van der Waals surface area contributed by atoms with Crippen LogP contribution in [0.5, 0.6) is 5.75 Å². The Balaban J connectivity index is 2.60. The molecule has 0 aliphatic rings. The maximum Gasteiger partial charge on any atom is 0.417 e. The van der Waals surface area contributed by atoms with Crippen LogP contribution >= 0.6 is 0 Å². The average molecular weight is 205 g/mol. The minimum Gasteiger partial charge on any atom is -0.508 e. The van der Waals surface area contributed by atoms with Crippen molar-refractivity contribution in [3.05, 3.63) is 40.4 Å². The Morgan fingerprint density at radius 1 is 1.60 bits per heavy atom. The monoisotopic (exact) mass is 205 g/mol. The molecule has 0 atom stereocenters. The van der Waals surface area contributed by atoms with Crippen LogP contribution in [0.2, 0.25) is 0 Å². The van der Waals surface area contributed by atoms with Crippen molar-refractivity contribution in [1.29, 1.82) is 0 Å². The first-order valence-corrected chi connectivity index (χ1v) is 4.55. The van der Waals surface area contributed by atoms with Gasteiger partial charge < -0.3 is 9.52 Å². The minimum atomic E-state index is -0.517. The molecule has 0 unspecified atom stereocenters. The summed E-state index contributed by atoms with van der Waals surface area (Å²) in [6.07, 6.45) is 0.566. The first-order chi connectivity index (χ1) is 7.06. The third-order valence-corrected chi connectivity index (χ3v) is 2.11. The van der Waals surface area contributed by atoms with E-state index in [-0.39, 0.29) is 5.75 Å². The van der Waals surface area contributed by atoms with Crippen LogP contribution in [0.15, 0.2) is 33.5 Å². The summed E-state index contributed by atoms with van der Waals surface area (Å²) in [7, 11) is 0. The summed E-state index contributed by atoms with van der Waals surface area (Å²) in [4.78, 5) is 13.4. The number of benzene rings is 1. The van der Waals surface area contributed by atoms with E-state index in [0.717, 1.165) is 5.57 Å². The molecule has 0 saturated heterocycles. The summed E-state index contributed by atoms with van der Waals surface area (Å²) < 4.78 is 4.89. The maximum atomic E-state index is 10.9. The molecule has 0 fully saturated rings. The van der Waals surface area contributed by atoms with Crippen LogP contribution < -0.4 is 5.76 Å². The van der Waals surface area contributed by atoms with Gasteiger partial charge in [-0.1, -0.05) is 12.2 Å². The van der Waals surface area contributed by atoms with Crippen molar-refractivity contribution in [2.45, 2.75) is 13.3 Å². The number of hydrogen-bond donors (Lipinski definition) is 2. The molecular weight excluding hydrogens is 194 g/mol. The Morgan fingerprint density at radius 2 is 2.33 bits per heavy atom. The van der Waals surface area contributed by atoms with Gasteiger partial charge in [-0.05, 0) is 19.4 Å². The fraction of sp³-hybridized carbons (Fsp3) is 0.182. The molecule has 0 spiro atoms. The molecule has 1 heterocycles. The topological polar surface area (TPSA) is 66.2 Å². The molecule has 2 rings (SSSR count). The average Bonchev–Trinajstić information content (AvgIpc) is 2.44. The van der Waals surface area contributed by atoms with Crippen molar-refractivity contribution in [3.8, 4) is 5.75 Å². The third kappa shape index (κ3) is 1.79. The fourth-order valence-corrected chi connectivity index (χ4v) is 1.49. The van der Waals surface area contributed by atoms with Gasteiger partial charge in [-0.15, -0.1) is 0 Å². The second-order valence-electron chi connectivity index (χ2n) is 3.63. The Kier molecular flexibility index (Phi) is 2.11. The molecule has 2 aromatic rings. The van der Waals surface area contributed by atoms with Crippen molar-refractivity contribution < 1.29 is 9.52 Å². The fourth-order valence-electron chi connectivity index (χ4n) is 1.49. The van der Waals surface area contributed by atoms with Gasteiger partial charge in [0.15, 0.2) is 5.58 Å². The number of rotatable bonds is 2. The Bertz CT molecular complexity index is 577. The summed E-state index contributed by atoms with van der Waals surface area (Å²) >= 11 is 0. The van der Waals surface area contributed by atoms with Crippen LogP contribution in [-0.2, 0) is 6.42 Å². The van der Waals surface area contributed by atoms with E-state index in [1.54, 1.807) is 6.07 Å². The van der Waals surface area contributed by atoms with Gasteiger partial charge in [0.1, 0.15) is 5.75 Å². The number of H-pyrrole nitrogens is 1. The zero-order chi connectivity index (χ0) is 11.0. The summed E-state index contributed by atoms with van der Waals surface area (Å²) in [5, 5.41) is 9.66. The van der Waals surface area contributed by atoms with Gasteiger partial charge in [0.25, 0.3) is 0 Å². The molecule has 0 aliphatic heterocycles. The number of nitrogens with one attached hydrogen (secondary N) is 1. The van der Waals surface area contributed by atoms with E-state index < -0.39 is 5.76 Å². The number of aromatic amines is 1. The van der Waals surface area contributed by atoms with Crippen molar-refractivity contribution in [1.82, 2.24) is 4.98 Å². The highest BCUT2D eigenvalue weighted by Crippen LogP contribution is 2.24. The van der Waals surface area contributed by atoms with Gasteiger partial charge in [0.05, 0.1) is 5.52 Å². The van der Waals surface area contributed by atoms with Crippen LogP contribution in [0.4, 0.5) is 0 Å². The first kappa shape index (κ1) is 9.58. The largest absolute Gasteiger partial charge is 0.508 e. The lowest BCUT2D eigenvalue weighted by Gasteiger charge is -2.03. The molecule has 0 bridgehead atoms. The minimum absolute atomic E-state index is 0.141. The SMILES string of the molecule is C=C(C)Cc1cc2oc(=O)[nH]c2cc1O. The lowest BCUT2D eigenvalue weighted by molar-refractivity contribution is 0.469. The highest BCUT2D eigenvalue weighted by atomic mass is 16.4. The predicted molar refractivity (Wildman–Crippen MR) is 57.0 cm³/mol. The smallest absolute Gasteiger partial charge is 0.417 e. The molecule has 78 valence electrons. The van der Waals surface area contributed by atoms with E-state index in [1.807, 2.05) is 6.92 Å². The third-order valence-electron chi connectivity index (χ3n) is 2.11. The first-order valence-electron chi connectivity index (χ1n) is 4.55.